The standard InChI is InChI=1S/C11H18N4O/c1-3-4-16-10-5-9(13-8-14-10)15-6-11(2,12)7-15/h5,8H,3-4,6-7,12H2,1-2H3. The number of hydrogen-bond donors (Lipinski definition) is 1. The van der Waals surface area contributed by atoms with Gasteiger partial charge in [-0.15, -0.1) is 0 Å². The summed E-state index contributed by atoms with van der Waals surface area (Å²) >= 11 is 0. The molecule has 2 rings (SSSR count). The highest BCUT2D eigenvalue weighted by Crippen LogP contribution is 2.25. The maximum atomic E-state index is 5.95. The molecule has 2 heterocycles. The van der Waals surface area contributed by atoms with Crippen molar-refractivity contribution in [3.8, 4) is 5.88 Å². The molecule has 1 aliphatic heterocycles. The van der Waals surface area contributed by atoms with Gasteiger partial charge < -0.3 is 15.4 Å². The van der Waals surface area contributed by atoms with Crippen molar-refractivity contribution in [1.29, 1.82) is 0 Å². The fraction of sp³-hybridized carbons (Fsp3) is 0.636. The van der Waals surface area contributed by atoms with Gasteiger partial charge in [-0.05, 0) is 13.3 Å². The van der Waals surface area contributed by atoms with E-state index in [9.17, 15) is 0 Å². The molecule has 0 unspecified atom stereocenters. The zero-order chi connectivity index (χ0) is 11.6. The maximum Gasteiger partial charge on any atom is 0.218 e. The Labute approximate surface area is 95.6 Å². The highest BCUT2D eigenvalue weighted by molar-refractivity contribution is 5.45. The van der Waals surface area contributed by atoms with Crippen LogP contribution in [0.2, 0.25) is 0 Å². The molecular formula is C11H18N4O. The summed E-state index contributed by atoms with van der Waals surface area (Å²) in [6.45, 7) is 6.45. The lowest BCUT2D eigenvalue weighted by atomic mass is 9.94. The minimum atomic E-state index is -0.0879. The van der Waals surface area contributed by atoms with Crippen LogP contribution in [0, 0.1) is 0 Å². The monoisotopic (exact) mass is 222 g/mol. The van der Waals surface area contributed by atoms with Crippen LogP contribution < -0.4 is 15.4 Å². The lowest BCUT2D eigenvalue weighted by Gasteiger charge is -2.46. The predicted octanol–water partition coefficient (Wildman–Crippen LogP) is 0.803. The average Bonchev–Trinajstić information content (AvgIpc) is 2.23. The topological polar surface area (TPSA) is 64.3 Å². The van der Waals surface area contributed by atoms with Crippen molar-refractivity contribution in [3.05, 3.63) is 12.4 Å². The molecule has 0 aromatic carbocycles. The van der Waals surface area contributed by atoms with Crippen LogP contribution in [0.4, 0.5) is 5.82 Å². The van der Waals surface area contributed by atoms with Gasteiger partial charge in [-0.3, -0.25) is 0 Å². The van der Waals surface area contributed by atoms with E-state index in [0.717, 1.165) is 25.3 Å². The first-order chi connectivity index (χ1) is 7.61. The summed E-state index contributed by atoms with van der Waals surface area (Å²) in [5.74, 6) is 1.53. The van der Waals surface area contributed by atoms with Crippen molar-refractivity contribution < 1.29 is 4.74 Å². The number of rotatable bonds is 4. The molecule has 2 N–H and O–H groups in total. The highest BCUT2D eigenvalue weighted by Gasteiger charge is 2.35. The fourth-order valence-electron chi connectivity index (χ4n) is 1.78. The van der Waals surface area contributed by atoms with Crippen LogP contribution in [0.1, 0.15) is 20.3 Å². The molecule has 5 heteroatoms. The third-order valence-corrected chi connectivity index (χ3v) is 2.51. The molecule has 0 bridgehead atoms. The number of aromatic nitrogens is 2. The summed E-state index contributed by atoms with van der Waals surface area (Å²) in [5, 5.41) is 0. The molecular weight excluding hydrogens is 204 g/mol. The molecule has 0 spiro atoms. The van der Waals surface area contributed by atoms with Crippen molar-refractivity contribution in [2.24, 2.45) is 5.73 Å². The second-order valence-corrected chi connectivity index (χ2v) is 4.57. The lowest BCUT2D eigenvalue weighted by Crippen LogP contribution is -2.65. The SMILES string of the molecule is CCCOc1cc(N2CC(C)(N)C2)ncn1. The Hall–Kier alpha value is -1.36. The Morgan fingerprint density at radius 3 is 2.88 bits per heavy atom. The van der Waals surface area contributed by atoms with Crippen molar-refractivity contribution in [1.82, 2.24) is 9.97 Å². The van der Waals surface area contributed by atoms with Gasteiger partial charge in [0.05, 0.1) is 6.61 Å². The Morgan fingerprint density at radius 2 is 2.25 bits per heavy atom. The van der Waals surface area contributed by atoms with Gasteiger partial charge in [0.2, 0.25) is 5.88 Å². The van der Waals surface area contributed by atoms with Crippen LogP contribution in [-0.4, -0.2) is 35.2 Å². The van der Waals surface area contributed by atoms with Gasteiger partial charge in [0.15, 0.2) is 0 Å². The molecule has 1 aromatic heterocycles. The van der Waals surface area contributed by atoms with E-state index in [4.69, 9.17) is 10.5 Å². The van der Waals surface area contributed by atoms with Gasteiger partial charge in [0, 0.05) is 24.7 Å². The van der Waals surface area contributed by atoms with Gasteiger partial charge in [-0.25, -0.2) is 9.97 Å². The van der Waals surface area contributed by atoms with Crippen LogP contribution >= 0.6 is 0 Å². The minimum Gasteiger partial charge on any atom is -0.478 e. The van der Waals surface area contributed by atoms with Crippen molar-refractivity contribution in [3.63, 3.8) is 0 Å². The summed E-state index contributed by atoms with van der Waals surface area (Å²) in [4.78, 5) is 10.4. The average molecular weight is 222 g/mol. The van der Waals surface area contributed by atoms with Gasteiger partial charge in [0.1, 0.15) is 12.1 Å². The molecule has 0 radical (unpaired) electrons. The molecule has 1 saturated heterocycles. The molecule has 5 nitrogen and oxygen atoms in total. The zero-order valence-electron chi connectivity index (χ0n) is 9.81. The third-order valence-electron chi connectivity index (χ3n) is 2.51. The molecule has 16 heavy (non-hydrogen) atoms. The van der Waals surface area contributed by atoms with Crippen LogP contribution in [-0.2, 0) is 0 Å². The van der Waals surface area contributed by atoms with Crippen molar-refractivity contribution >= 4 is 5.82 Å². The lowest BCUT2D eigenvalue weighted by molar-refractivity contribution is 0.303. The second-order valence-electron chi connectivity index (χ2n) is 4.57. The van der Waals surface area contributed by atoms with Gasteiger partial charge >= 0.3 is 0 Å². The summed E-state index contributed by atoms with van der Waals surface area (Å²) in [7, 11) is 0. The fourth-order valence-corrected chi connectivity index (χ4v) is 1.78. The molecule has 0 amide bonds. The predicted molar refractivity (Wildman–Crippen MR) is 62.6 cm³/mol. The van der Waals surface area contributed by atoms with Crippen LogP contribution in [0.3, 0.4) is 0 Å². The zero-order valence-corrected chi connectivity index (χ0v) is 9.81. The Balaban J connectivity index is 2.00. The molecule has 88 valence electrons. The van der Waals surface area contributed by atoms with E-state index in [2.05, 4.69) is 21.8 Å². The first-order valence-corrected chi connectivity index (χ1v) is 5.59. The number of hydrogen-bond acceptors (Lipinski definition) is 5. The quantitative estimate of drug-likeness (QED) is 0.816. The van der Waals surface area contributed by atoms with E-state index < -0.39 is 0 Å². The van der Waals surface area contributed by atoms with Crippen LogP contribution in [0.15, 0.2) is 12.4 Å². The van der Waals surface area contributed by atoms with Gasteiger partial charge in [-0.1, -0.05) is 6.92 Å². The van der Waals surface area contributed by atoms with Crippen LogP contribution in [0.5, 0.6) is 5.88 Å². The summed E-state index contributed by atoms with van der Waals surface area (Å²) < 4.78 is 5.46. The molecule has 1 fully saturated rings. The molecule has 0 saturated carbocycles. The van der Waals surface area contributed by atoms with Crippen molar-refractivity contribution in [2.45, 2.75) is 25.8 Å². The van der Waals surface area contributed by atoms with Gasteiger partial charge in [0.25, 0.3) is 0 Å². The summed E-state index contributed by atoms with van der Waals surface area (Å²) in [6, 6.07) is 1.87. The van der Waals surface area contributed by atoms with Crippen molar-refractivity contribution in [2.75, 3.05) is 24.6 Å². The largest absolute Gasteiger partial charge is 0.478 e. The van der Waals surface area contributed by atoms with E-state index in [1.54, 1.807) is 0 Å². The van der Waals surface area contributed by atoms with E-state index in [0.29, 0.717) is 12.5 Å². The Morgan fingerprint density at radius 1 is 1.50 bits per heavy atom. The molecule has 0 atom stereocenters. The number of anilines is 1. The van der Waals surface area contributed by atoms with E-state index in [1.165, 1.54) is 6.33 Å². The number of nitrogens with zero attached hydrogens (tertiary/aromatic N) is 3. The second kappa shape index (κ2) is 4.25. The highest BCUT2D eigenvalue weighted by atomic mass is 16.5. The minimum absolute atomic E-state index is 0.0879. The smallest absolute Gasteiger partial charge is 0.218 e. The Bertz CT molecular complexity index is 359. The first-order valence-electron chi connectivity index (χ1n) is 5.59. The normalized spacial score (nSPS) is 18.1. The van der Waals surface area contributed by atoms with Gasteiger partial charge in [-0.2, -0.15) is 0 Å². The first kappa shape index (κ1) is 11.1. The molecule has 1 aromatic rings. The van der Waals surface area contributed by atoms with E-state index in [1.807, 2.05) is 13.0 Å². The number of ether oxygens (including phenoxy) is 1. The number of nitrogens with two attached hydrogens (primary N) is 1. The summed E-state index contributed by atoms with van der Waals surface area (Å²) in [5.41, 5.74) is 5.86. The molecule has 1 aliphatic rings. The third kappa shape index (κ3) is 2.41. The van der Waals surface area contributed by atoms with E-state index in [-0.39, 0.29) is 5.54 Å². The van der Waals surface area contributed by atoms with E-state index >= 15 is 0 Å². The van der Waals surface area contributed by atoms with Crippen LogP contribution in [0.25, 0.3) is 0 Å². The molecule has 0 aliphatic carbocycles. The Kier molecular flexibility index (Phi) is 2.96. The maximum absolute atomic E-state index is 5.95. The summed E-state index contributed by atoms with van der Waals surface area (Å²) in [6.07, 6.45) is 2.51.